The lowest BCUT2D eigenvalue weighted by molar-refractivity contribution is -0.115. The number of benzene rings is 5. The Morgan fingerprint density at radius 3 is 2.18 bits per heavy atom. The van der Waals surface area contributed by atoms with Crippen LogP contribution in [0, 0.1) is 0 Å². The van der Waals surface area contributed by atoms with E-state index in [2.05, 4.69) is 20.9 Å². The van der Waals surface area contributed by atoms with E-state index in [0.717, 1.165) is 16.0 Å². The van der Waals surface area contributed by atoms with Gasteiger partial charge < -0.3 is 20.4 Å². The number of nitrogens with one attached hydrogen (secondary N) is 3. The van der Waals surface area contributed by atoms with Crippen molar-refractivity contribution in [1.29, 1.82) is 0 Å². The van der Waals surface area contributed by atoms with E-state index in [0.29, 0.717) is 44.0 Å². The minimum Gasteiger partial charge on any atom is -0.436 e. The Hall–Kier alpha value is -5.35. The van der Waals surface area contributed by atoms with Crippen LogP contribution in [0.3, 0.4) is 0 Å². The summed E-state index contributed by atoms with van der Waals surface area (Å²) in [6, 6.07) is 35.4. The predicted octanol–water partition coefficient (Wildman–Crippen LogP) is 9.33. The van der Waals surface area contributed by atoms with Gasteiger partial charge in [0.25, 0.3) is 11.8 Å². The first-order valence-corrected chi connectivity index (χ1v) is 16.7. The lowest BCUT2D eigenvalue weighted by atomic mass is 10.1. The second-order valence-corrected chi connectivity index (χ2v) is 13.1. The molecule has 0 aliphatic rings. The molecule has 244 valence electrons. The van der Waals surface area contributed by atoms with Crippen LogP contribution in [-0.2, 0) is 9.59 Å². The molecule has 0 aliphatic carbocycles. The molecule has 8 nitrogen and oxygen atoms in total. The van der Waals surface area contributed by atoms with Gasteiger partial charge in [-0.3, -0.25) is 14.4 Å². The summed E-state index contributed by atoms with van der Waals surface area (Å²) in [6.45, 7) is 1.82. The second kappa shape index (κ2) is 15.3. The van der Waals surface area contributed by atoms with Crippen LogP contribution in [-0.4, -0.2) is 28.0 Å². The average molecular weight is 708 g/mol. The molecule has 5 aromatic carbocycles. The highest BCUT2D eigenvalue weighted by Gasteiger charge is 2.18. The fourth-order valence-electron chi connectivity index (χ4n) is 4.73. The number of amides is 3. The Bertz CT molecular complexity index is 2140. The van der Waals surface area contributed by atoms with Crippen LogP contribution in [0.15, 0.2) is 136 Å². The summed E-state index contributed by atoms with van der Waals surface area (Å²) in [4.78, 5) is 44.7. The molecular weight excluding hydrogens is 679 g/mol. The maximum absolute atomic E-state index is 13.4. The third-order valence-electron chi connectivity index (χ3n) is 7.28. The number of halogens is 2. The van der Waals surface area contributed by atoms with Crippen LogP contribution in [0.2, 0.25) is 10.0 Å². The zero-order chi connectivity index (χ0) is 34.3. The SMILES string of the molecule is CC(Sc1ccc(NC(=O)/C(=C/c2ccc(Cl)cc2Cl)NC(=O)c2ccccc2)cc1)C(=O)Nc1ccc(-c2nc3ccccc3o2)cc1. The molecule has 0 spiro atoms. The number of hydrogen-bond donors (Lipinski definition) is 3. The first kappa shape index (κ1) is 33.5. The molecule has 1 heterocycles. The van der Waals surface area contributed by atoms with E-state index < -0.39 is 17.1 Å². The number of oxazole rings is 1. The Morgan fingerprint density at radius 1 is 0.796 bits per heavy atom. The molecule has 0 aliphatic heterocycles. The number of anilines is 2. The van der Waals surface area contributed by atoms with Crippen molar-refractivity contribution in [2.45, 2.75) is 17.1 Å². The van der Waals surface area contributed by atoms with E-state index >= 15 is 0 Å². The van der Waals surface area contributed by atoms with Gasteiger partial charge in [0.1, 0.15) is 11.2 Å². The number of hydrogen-bond acceptors (Lipinski definition) is 6. The second-order valence-electron chi connectivity index (χ2n) is 10.8. The number of nitrogens with zero attached hydrogens (tertiary/aromatic N) is 1. The molecule has 0 fully saturated rings. The van der Waals surface area contributed by atoms with Crippen molar-refractivity contribution in [1.82, 2.24) is 10.3 Å². The lowest BCUT2D eigenvalue weighted by Crippen LogP contribution is -2.30. The molecule has 6 rings (SSSR count). The smallest absolute Gasteiger partial charge is 0.272 e. The lowest BCUT2D eigenvalue weighted by Gasteiger charge is -2.14. The van der Waals surface area contributed by atoms with Crippen molar-refractivity contribution in [2.75, 3.05) is 10.6 Å². The third-order valence-corrected chi connectivity index (χ3v) is 8.95. The molecule has 0 saturated carbocycles. The van der Waals surface area contributed by atoms with Gasteiger partial charge in [0.15, 0.2) is 5.58 Å². The molecule has 1 atom stereocenters. The summed E-state index contributed by atoms with van der Waals surface area (Å²) < 4.78 is 5.83. The number of carbonyl (C=O) groups excluding carboxylic acids is 3. The van der Waals surface area contributed by atoms with Gasteiger partial charge in [-0.05, 0) is 103 Å². The molecule has 3 N–H and O–H groups in total. The maximum atomic E-state index is 13.4. The molecule has 0 radical (unpaired) electrons. The number of thioether (sulfide) groups is 1. The van der Waals surface area contributed by atoms with E-state index in [9.17, 15) is 14.4 Å². The Labute approximate surface area is 296 Å². The van der Waals surface area contributed by atoms with Gasteiger partial charge in [0, 0.05) is 37.4 Å². The quantitative estimate of drug-likeness (QED) is 0.0967. The van der Waals surface area contributed by atoms with Crippen LogP contribution in [0.4, 0.5) is 11.4 Å². The Balaban J connectivity index is 1.08. The first-order chi connectivity index (χ1) is 23.7. The fraction of sp³-hybridized carbons (Fsp3) is 0.0526. The number of rotatable bonds is 10. The van der Waals surface area contributed by atoms with Gasteiger partial charge in [-0.15, -0.1) is 11.8 Å². The van der Waals surface area contributed by atoms with Gasteiger partial charge in [0.05, 0.1) is 5.25 Å². The zero-order valence-electron chi connectivity index (χ0n) is 25.9. The summed E-state index contributed by atoms with van der Waals surface area (Å²) in [5, 5.41) is 8.81. The normalized spacial score (nSPS) is 11.9. The highest BCUT2D eigenvalue weighted by atomic mass is 35.5. The summed E-state index contributed by atoms with van der Waals surface area (Å²) in [6.07, 6.45) is 1.49. The summed E-state index contributed by atoms with van der Waals surface area (Å²) in [7, 11) is 0. The summed E-state index contributed by atoms with van der Waals surface area (Å²) in [5.41, 5.74) is 4.32. The molecule has 6 aromatic rings. The Morgan fingerprint density at radius 2 is 1.47 bits per heavy atom. The molecule has 0 bridgehead atoms. The van der Waals surface area contributed by atoms with Gasteiger partial charge in [-0.1, -0.05) is 59.6 Å². The topological polar surface area (TPSA) is 113 Å². The number of carbonyl (C=O) groups is 3. The van der Waals surface area contributed by atoms with Gasteiger partial charge in [0.2, 0.25) is 11.8 Å². The van der Waals surface area contributed by atoms with Crippen LogP contribution >= 0.6 is 35.0 Å². The van der Waals surface area contributed by atoms with Crippen molar-refractivity contribution in [3.63, 3.8) is 0 Å². The standard InChI is InChI=1S/C38H28Cl2N4O4S/c1-23(35(45)41-28-15-12-25(13-16-28)38-44-32-9-5-6-10-34(32)48-38)49-30-19-17-29(18-20-30)42-37(47)33(21-26-11-14-27(39)22-31(26)40)43-36(46)24-7-3-2-4-8-24/h2-23H,1H3,(H,41,45)(H,42,47)(H,43,46)/b33-21-. The van der Waals surface area contributed by atoms with Crippen molar-refractivity contribution in [3.05, 3.63) is 148 Å². The van der Waals surface area contributed by atoms with Gasteiger partial charge in [-0.25, -0.2) is 4.98 Å². The van der Waals surface area contributed by atoms with Crippen molar-refractivity contribution >= 4 is 81.2 Å². The molecular formula is C38H28Cl2N4O4S. The minimum absolute atomic E-state index is 0.0105. The third kappa shape index (κ3) is 8.58. The van der Waals surface area contributed by atoms with Crippen LogP contribution < -0.4 is 16.0 Å². The van der Waals surface area contributed by atoms with Crippen molar-refractivity contribution < 1.29 is 18.8 Å². The molecule has 1 aromatic heterocycles. The van der Waals surface area contributed by atoms with Crippen molar-refractivity contribution in [2.24, 2.45) is 0 Å². The van der Waals surface area contributed by atoms with E-state index in [4.69, 9.17) is 27.6 Å². The molecule has 3 amide bonds. The molecule has 1 unspecified atom stereocenters. The largest absolute Gasteiger partial charge is 0.436 e. The monoisotopic (exact) mass is 706 g/mol. The van der Waals surface area contributed by atoms with Crippen LogP contribution in [0.5, 0.6) is 0 Å². The fourth-order valence-corrected chi connectivity index (χ4v) is 6.06. The Kier molecular flexibility index (Phi) is 10.4. The zero-order valence-corrected chi connectivity index (χ0v) is 28.3. The predicted molar refractivity (Wildman–Crippen MR) is 197 cm³/mol. The average Bonchev–Trinajstić information content (AvgIpc) is 3.55. The minimum atomic E-state index is -0.550. The highest BCUT2D eigenvalue weighted by molar-refractivity contribution is 8.00. The van der Waals surface area contributed by atoms with Crippen LogP contribution in [0.1, 0.15) is 22.8 Å². The number of fused-ring (bicyclic) bond motifs is 1. The van der Waals surface area contributed by atoms with E-state index in [1.165, 1.54) is 17.8 Å². The van der Waals surface area contributed by atoms with Gasteiger partial charge >= 0.3 is 0 Å². The highest BCUT2D eigenvalue weighted by Crippen LogP contribution is 2.28. The number of aromatic nitrogens is 1. The maximum Gasteiger partial charge on any atom is 0.272 e. The molecule has 11 heteroatoms. The number of para-hydroxylation sites is 2. The van der Waals surface area contributed by atoms with E-state index in [-0.39, 0.29) is 11.6 Å². The molecule has 0 saturated heterocycles. The van der Waals surface area contributed by atoms with E-state index in [1.807, 2.05) is 55.5 Å². The van der Waals surface area contributed by atoms with Gasteiger partial charge in [-0.2, -0.15) is 0 Å². The van der Waals surface area contributed by atoms with Crippen LogP contribution in [0.25, 0.3) is 28.6 Å². The van der Waals surface area contributed by atoms with Crippen molar-refractivity contribution in [3.8, 4) is 11.5 Å². The van der Waals surface area contributed by atoms with E-state index in [1.54, 1.807) is 72.8 Å². The summed E-state index contributed by atoms with van der Waals surface area (Å²) >= 11 is 13.8. The molecule has 49 heavy (non-hydrogen) atoms. The first-order valence-electron chi connectivity index (χ1n) is 15.1. The summed E-state index contributed by atoms with van der Waals surface area (Å²) in [5.74, 6) is -0.657.